The average Bonchev–Trinajstić information content (AvgIpc) is 2.85. The zero-order valence-corrected chi connectivity index (χ0v) is 16.0. The number of ether oxygens (including phenoxy) is 1. The van der Waals surface area contributed by atoms with Crippen LogP contribution in [0.5, 0.6) is 0 Å². The molecule has 11 heteroatoms. The van der Waals surface area contributed by atoms with Gasteiger partial charge in [0, 0.05) is 16.6 Å². The number of benzene rings is 1. The van der Waals surface area contributed by atoms with Gasteiger partial charge in [0.05, 0.1) is 4.92 Å². The first kappa shape index (κ1) is 20.7. The second kappa shape index (κ2) is 8.83. The van der Waals surface area contributed by atoms with Crippen molar-refractivity contribution in [1.82, 2.24) is 15.1 Å². The molecule has 1 aromatic carbocycles. The van der Waals surface area contributed by atoms with Crippen LogP contribution in [0.25, 0.3) is 0 Å². The summed E-state index contributed by atoms with van der Waals surface area (Å²) in [5.74, 6) is -1.26. The van der Waals surface area contributed by atoms with Crippen LogP contribution in [0.4, 0.5) is 5.69 Å². The largest absolute Gasteiger partial charge is 0.454 e. The van der Waals surface area contributed by atoms with Gasteiger partial charge in [-0.15, -0.1) is 0 Å². The highest BCUT2D eigenvalue weighted by Gasteiger charge is 2.23. The molecule has 0 radical (unpaired) electrons. The van der Waals surface area contributed by atoms with Gasteiger partial charge in [-0.1, -0.05) is 29.3 Å². The Hall–Kier alpha value is -2.65. The second-order valence-corrected chi connectivity index (χ2v) is 6.45. The van der Waals surface area contributed by atoms with Crippen molar-refractivity contribution in [1.29, 1.82) is 0 Å². The molecular weight excluding hydrogens is 399 g/mol. The third-order valence-corrected chi connectivity index (χ3v) is 4.25. The number of esters is 1. The molecule has 1 amide bonds. The summed E-state index contributed by atoms with van der Waals surface area (Å²) < 4.78 is 6.04. The van der Waals surface area contributed by atoms with Crippen LogP contribution in [-0.2, 0) is 27.4 Å². The lowest BCUT2D eigenvalue weighted by Gasteiger charge is -2.08. The zero-order chi connectivity index (χ0) is 20.1. The molecule has 0 saturated carbocycles. The summed E-state index contributed by atoms with van der Waals surface area (Å²) in [6.07, 6.45) is 0. The van der Waals surface area contributed by atoms with E-state index >= 15 is 0 Å². The third kappa shape index (κ3) is 5.41. The second-order valence-electron chi connectivity index (χ2n) is 5.61. The van der Waals surface area contributed by atoms with Gasteiger partial charge in [-0.3, -0.25) is 24.4 Å². The Labute approximate surface area is 164 Å². The lowest BCUT2D eigenvalue weighted by Crippen LogP contribution is -2.29. The number of carbonyl (C=O) groups excluding carboxylic acids is 2. The number of hydrogen-bond acceptors (Lipinski definition) is 6. The average molecular weight is 415 g/mol. The van der Waals surface area contributed by atoms with E-state index in [1.54, 1.807) is 18.2 Å². The van der Waals surface area contributed by atoms with Crippen LogP contribution < -0.4 is 5.32 Å². The van der Waals surface area contributed by atoms with Crippen molar-refractivity contribution >= 4 is 40.8 Å². The summed E-state index contributed by atoms with van der Waals surface area (Å²) in [6.45, 7) is 2.27. The Morgan fingerprint density at radius 3 is 2.63 bits per heavy atom. The molecule has 0 saturated heterocycles. The number of halogens is 2. The molecule has 0 fully saturated rings. The number of nitrogens with one attached hydrogen (secondary N) is 1. The SMILES string of the molecule is Cc1nn(CC(=O)OCC(=O)NCc2ccc(Cl)cc2Cl)c(C)c1[N+](=O)[O-]. The Kier molecular flexibility index (Phi) is 6.75. The van der Waals surface area contributed by atoms with Crippen molar-refractivity contribution < 1.29 is 19.2 Å². The molecule has 1 aromatic heterocycles. The zero-order valence-electron chi connectivity index (χ0n) is 14.5. The summed E-state index contributed by atoms with van der Waals surface area (Å²) in [5, 5.41) is 18.3. The molecule has 2 rings (SSSR count). The number of nitrogens with zero attached hydrogens (tertiary/aromatic N) is 3. The summed E-state index contributed by atoms with van der Waals surface area (Å²) >= 11 is 11.8. The monoisotopic (exact) mass is 414 g/mol. The molecule has 1 N–H and O–H groups in total. The molecule has 144 valence electrons. The molecule has 1 heterocycles. The first-order valence-corrected chi connectivity index (χ1v) is 8.49. The van der Waals surface area contributed by atoms with E-state index < -0.39 is 23.4 Å². The van der Waals surface area contributed by atoms with Crippen LogP contribution in [0, 0.1) is 24.0 Å². The van der Waals surface area contributed by atoms with Crippen LogP contribution >= 0.6 is 23.2 Å². The molecule has 0 bridgehead atoms. The lowest BCUT2D eigenvalue weighted by molar-refractivity contribution is -0.386. The summed E-state index contributed by atoms with van der Waals surface area (Å²) in [4.78, 5) is 34.0. The van der Waals surface area contributed by atoms with Crippen molar-refractivity contribution in [2.75, 3.05) is 6.61 Å². The molecule has 0 aliphatic heterocycles. The number of carbonyl (C=O) groups is 2. The molecule has 27 heavy (non-hydrogen) atoms. The number of aromatic nitrogens is 2. The van der Waals surface area contributed by atoms with E-state index in [0.29, 0.717) is 15.6 Å². The molecule has 9 nitrogen and oxygen atoms in total. The van der Waals surface area contributed by atoms with E-state index in [0.717, 1.165) is 0 Å². The van der Waals surface area contributed by atoms with Crippen LogP contribution in [0.2, 0.25) is 10.0 Å². The quantitative estimate of drug-likeness (QED) is 0.422. The highest BCUT2D eigenvalue weighted by molar-refractivity contribution is 6.35. The molecular formula is C16H16Cl2N4O5. The van der Waals surface area contributed by atoms with Gasteiger partial charge >= 0.3 is 11.7 Å². The van der Waals surface area contributed by atoms with Gasteiger partial charge in [0.25, 0.3) is 5.91 Å². The highest BCUT2D eigenvalue weighted by Crippen LogP contribution is 2.22. The Morgan fingerprint density at radius 2 is 2.04 bits per heavy atom. The van der Waals surface area contributed by atoms with Gasteiger partial charge < -0.3 is 10.1 Å². The number of nitro groups is 1. The summed E-state index contributed by atoms with van der Waals surface area (Å²) in [7, 11) is 0. The van der Waals surface area contributed by atoms with Gasteiger partial charge in [0.15, 0.2) is 6.61 Å². The Bertz CT molecular complexity index is 897. The van der Waals surface area contributed by atoms with Gasteiger partial charge in [-0.2, -0.15) is 5.10 Å². The maximum absolute atomic E-state index is 11.9. The van der Waals surface area contributed by atoms with Gasteiger partial charge in [-0.05, 0) is 31.5 Å². The van der Waals surface area contributed by atoms with E-state index in [4.69, 9.17) is 27.9 Å². The lowest BCUT2D eigenvalue weighted by atomic mass is 10.2. The Balaban J connectivity index is 1.84. The first-order valence-electron chi connectivity index (χ1n) is 7.73. The summed E-state index contributed by atoms with van der Waals surface area (Å²) in [6, 6.07) is 4.87. The predicted molar refractivity (Wildman–Crippen MR) is 97.6 cm³/mol. The molecule has 0 aliphatic rings. The first-order chi connectivity index (χ1) is 12.7. The van der Waals surface area contributed by atoms with E-state index in [1.807, 2.05) is 0 Å². The molecule has 0 atom stereocenters. The maximum atomic E-state index is 11.9. The van der Waals surface area contributed by atoms with E-state index in [9.17, 15) is 19.7 Å². The maximum Gasteiger partial charge on any atom is 0.328 e. The highest BCUT2D eigenvalue weighted by atomic mass is 35.5. The van der Waals surface area contributed by atoms with E-state index in [2.05, 4.69) is 10.4 Å². The molecule has 0 aliphatic carbocycles. The number of amides is 1. The molecule has 0 unspecified atom stereocenters. The van der Waals surface area contributed by atoms with Crippen LogP contribution in [0.15, 0.2) is 18.2 Å². The van der Waals surface area contributed by atoms with Crippen molar-refractivity contribution in [2.24, 2.45) is 0 Å². The van der Waals surface area contributed by atoms with Crippen molar-refractivity contribution in [3.05, 3.63) is 55.3 Å². The van der Waals surface area contributed by atoms with Crippen LogP contribution in [-0.4, -0.2) is 33.2 Å². The van der Waals surface area contributed by atoms with Crippen LogP contribution in [0.1, 0.15) is 17.0 Å². The number of hydrogen-bond donors (Lipinski definition) is 1. The summed E-state index contributed by atoms with van der Waals surface area (Å²) in [5.41, 5.74) is 0.940. The minimum atomic E-state index is -0.741. The number of rotatable bonds is 7. The molecule has 2 aromatic rings. The minimum Gasteiger partial charge on any atom is -0.454 e. The fourth-order valence-electron chi connectivity index (χ4n) is 2.33. The predicted octanol–water partition coefficient (Wildman–Crippen LogP) is 2.57. The van der Waals surface area contributed by atoms with Crippen LogP contribution in [0.3, 0.4) is 0 Å². The Morgan fingerprint density at radius 1 is 1.33 bits per heavy atom. The van der Waals surface area contributed by atoms with Gasteiger partial charge in [0.1, 0.15) is 17.9 Å². The topological polar surface area (TPSA) is 116 Å². The number of aryl methyl sites for hydroxylation is 1. The van der Waals surface area contributed by atoms with Gasteiger partial charge in [0.2, 0.25) is 0 Å². The normalized spacial score (nSPS) is 10.5. The van der Waals surface area contributed by atoms with Crippen molar-refractivity contribution in [3.63, 3.8) is 0 Å². The smallest absolute Gasteiger partial charge is 0.328 e. The minimum absolute atomic E-state index is 0.149. The molecule has 0 spiro atoms. The standard InChI is InChI=1S/C16H16Cl2N4O5/c1-9-16(22(25)26)10(2)21(20-9)7-15(24)27-8-14(23)19-6-11-3-4-12(17)5-13(11)18/h3-5H,6-8H2,1-2H3,(H,19,23). The van der Waals surface area contributed by atoms with E-state index in [-0.39, 0.29) is 30.2 Å². The third-order valence-electron chi connectivity index (χ3n) is 3.66. The van der Waals surface area contributed by atoms with Crippen molar-refractivity contribution in [3.8, 4) is 0 Å². The van der Waals surface area contributed by atoms with E-state index in [1.165, 1.54) is 18.5 Å². The van der Waals surface area contributed by atoms with Gasteiger partial charge in [-0.25, -0.2) is 0 Å². The fourth-order valence-corrected chi connectivity index (χ4v) is 2.80. The van der Waals surface area contributed by atoms with Crippen molar-refractivity contribution in [2.45, 2.75) is 26.9 Å². The fraction of sp³-hybridized carbons (Fsp3) is 0.312.